The largest absolute Gasteiger partial charge is 0.481 e. The van der Waals surface area contributed by atoms with Gasteiger partial charge in [0.05, 0.1) is 0 Å². The van der Waals surface area contributed by atoms with Crippen molar-refractivity contribution in [2.45, 2.75) is 19.8 Å². The van der Waals surface area contributed by atoms with E-state index in [9.17, 15) is 9.59 Å². The maximum Gasteiger partial charge on any atom is 0.321 e. The third kappa shape index (κ3) is 5.33. The smallest absolute Gasteiger partial charge is 0.321 e. The fourth-order valence-corrected chi connectivity index (χ4v) is 1.96. The molecule has 1 aromatic carbocycles. The fraction of sp³-hybridized carbons (Fsp3) is 0.467. The van der Waals surface area contributed by atoms with Crippen LogP contribution in [0.4, 0.5) is 16.2 Å². The van der Waals surface area contributed by atoms with Crippen molar-refractivity contribution in [3.8, 4) is 0 Å². The van der Waals surface area contributed by atoms with E-state index in [1.807, 2.05) is 44.1 Å². The number of carboxylic acids is 1. The number of amides is 2. The molecular formula is C15H23N3O3. The van der Waals surface area contributed by atoms with Crippen molar-refractivity contribution >= 4 is 23.4 Å². The van der Waals surface area contributed by atoms with Gasteiger partial charge in [0.2, 0.25) is 0 Å². The van der Waals surface area contributed by atoms with Crippen LogP contribution in [0.15, 0.2) is 18.2 Å². The predicted molar refractivity (Wildman–Crippen MR) is 84.0 cm³/mol. The number of aliphatic carboxylic acids is 1. The number of benzene rings is 1. The molecule has 0 heterocycles. The van der Waals surface area contributed by atoms with E-state index in [0.29, 0.717) is 13.0 Å². The van der Waals surface area contributed by atoms with E-state index in [4.69, 9.17) is 5.11 Å². The summed E-state index contributed by atoms with van der Waals surface area (Å²) in [5.74, 6) is -0.849. The lowest BCUT2D eigenvalue weighted by molar-refractivity contribution is -0.137. The van der Waals surface area contributed by atoms with Gasteiger partial charge in [0.1, 0.15) is 0 Å². The van der Waals surface area contributed by atoms with Crippen LogP contribution in [0, 0.1) is 6.92 Å². The Bertz CT molecular complexity index is 515. The first-order valence-corrected chi connectivity index (χ1v) is 6.83. The van der Waals surface area contributed by atoms with Crippen LogP contribution in [0.25, 0.3) is 0 Å². The highest BCUT2D eigenvalue weighted by atomic mass is 16.4. The topological polar surface area (TPSA) is 72.9 Å². The number of carbonyl (C=O) groups is 2. The van der Waals surface area contributed by atoms with Crippen LogP contribution < -0.4 is 10.2 Å². The summed E-state index contributed by atoms with van der Waals surface area (Å²) in [6.07, 6.45) is 0.503. The molecule has 0 atom stereocenters. The number of nitrogens with zero attached hydrogens (tertiary/aromatic N) is 2. The van der Waals surface area contributed by atoms with Gasteiger partial charge in [-0.05, 0) is 31.0 Å². The number of carbonyl (C=O) groups excluding carboxylic acids is 1. The van der Waals surface area contributed by atoms with Gasteiger partial charge in [-0.15, -0.1) is 0 Å². The Morgan fingerprint density at radius 2 is 1.90 bits per heavy atom. The number of nitrogens with one attached hydrogen (secondary N) is 1. The van der Waals surface area contributed by atoms with E-state index in [2.05, 4.69) is 5.32 Å². The highest BCUT2D eigenvalue weighted by molar-refractivity contribution is 5.90. The molecule has 2 amide bonds. The Morgan fingerprint density at radius 3 is 2.48 bits per heavy atom. The van der Waals surface area contributed by atoms with Gasteiger partial charge in [-0.3, -0.25) is 4.79 Å². The molecule has 2 N–H and O–H groups in total. The molecule has 0 spiro atoms. The molecule has 0 aliphatic heterocycles. The van der Waals surface area contributed by atoms with Gasteiger partial charge in [-0.2, -0.15) is 0 Å². The Morgan fingerprint density at radius 1 is 1.24 bits per heavy atom. The summed E-state index contributed by atoms with van der Waals surface area (Å²) >= 11 is 0. The minimum absolute atomic E-state index is 0.0624. The molecular weight excluding hydrogens is 270 g/mol. The molecule has 1 rings (SSSR count). The molecule has 0 radical (unpaired) electrons. The van der Waals surface area contributed by atoms with Crippen molar-refractivity contribution in [1.29, 1.82) is 0 Å². The number of aryl methyl sites for hydroxylation is 1. The highest BCUT2D eigenvalue weighted by Crippen LogP contribution is 2.22. The fourth-order valence-electron chi connectivity index (χ4n) is 1.96. The van der Waals surface area contributed by atoms with Gasteiger partial charge in [-0.25, -0.2) is 4.79 Å². The lowest BCUT2D eigenvalue weighted by Crippen LogP contribution is -2.32. The molecule has 1 aromatic rings. The molecule has 6 nitrogen and oxygen atoms in total. The zero-order valence-electron chi connectivity index (χ0n) is 13.0. The lowest BCUT2D eigenvalue weighted by atomic mass is 10.1. The first kappa shape index (κ1) is 16.8. The summed E-state index contributed by atoms with van der Waals surface area (Å²) in [6, 6.07) is 5.48. The van der Waals surface area contributed by atoms with Crippen LogP contribution in [0.2, 0.25) is 0 Å². The average Bonchev–Trinajstić information content (AvgIpc) is 2.40. The summed E-state index contributed by atoms with van der Waals surface area (Å²) in [5, 5.41) is 11.4. The number of rotatable bonds is 6. The number of anilines is 2. The van der Waals surface area contributed by atoms with Gasteiger partial charge >= 0.3 is 12.0 Å². The van der Waals surface area contributed by atoms with Crippen LogP contribution in [-0.4, -0.2) is 49.7 Å². The van der Waals surface area contributed by atoms with Crippen LogP contribution in [0.1, 0.15) is 18.4 Å². The van der Waals surface area contributed by atoms with Crippen LogP contribution in [-0.2, 0) is 4.79 Å². The van der Waals surface area contributed by atoms with Crippen molar-refractivity contribution in [3.05, 3.63) is 23.8 Å². The zero-order chi connectivity index (χ0) is 16.0. The Hall–Kier alpha value is -2.24. The average molecular weight is 293 g/mol. The second-order valence-corrected chi connectivity index (χ2v) is 5.24. The summed E-state index contributed by atoms with van der Waals surface area (Å²) in [5.41, 5.74) is 2.90. The zero-order valence-corrected chi connectivity index (χ0v) is 13.0. The van der Waals surface area contributed by atoms with Crippen LogP contribution in [0.5, 0.6) is 0 Å². The van der Waals surface area contributed by atoms with Gasteiger partial charge in [0.15, 0.2) is 0 Å². The standard InChI is InChI=1S/C15H23N3O3/c1-11-7-8-12(10-13(11)17(2)3)16-15(21)18(4)9-5-6-14(19)20/h7-8,10H,5-6,9H2,1-4H3,(H,16,21)(H,19,20). The molecule has 0 bridgehead atoms. The van der Waals surface area contributed by atoms with Crippen LogP contribution in [0.3, 0.4) is 0 Å². The third-order valence-corrected chi connectivity index (χ3v) is 3.17. The number of hydrogen-bond donors (Lipinski definition) is 2. The van der Waals surface area contributed by atoms with Crippen molar-refractivity contribution < 1.29 is 14.7 Å². The van der Waals surface area contributed by atoms with Crippen molar-refractivity contribution in [3.63, 3.8) is 0 Å². The highest BCUT2D eigenvalue weighted by Gasteiger charge is 2.10. The van der Waals surface area contributed by atoms with Crippen LogP contribution >= 0.6 is 0 Å². The van der Waals surface area contributed by atoms with Gasteiger partial charge in [-0.1, -0.05) is 6.07 Å². The molecule has 0 fully saturated rings. The Balaban J connectivity index is 2.62. The summed E-state index contributed by atoms with van der Waals surface area (Å²) < 4.78 is 0. The molecule has 0 saturated carbocycles. The molecule has 116 valence electrons. The Labute approximate surface area is 125 Å². The second kappa shape index (κ2) is 7.52. The molecule has 21 heavy (non-hydrogen) atoms. The Kier molecular flexibility index (Phi) is 6.02. The van der Waals surface area contributed by atoms with Gasteiger partial charge < -0.3 is 20.2 Å². The maximum absolute atomic E-state index is 12.0. The summed E-state index contributed by atoms with van der Waals surface area (Å²) in [6.45, 7) is 2.42. The molecule has 6 heteroatoms. The molecule has 0 aliphatic rings. The van der Waals surface area contributed by atoms with E-state index in [0.717, 1.165) is 16.9 Å². The van der Waals surface area contributed by atoms with E-state index in [1.54, 1.807) is 7.05 Å². The number of hydrogen-bond acceptors (Lipinski definition) is 3. The monoisotopic (exact) mass is 293 g/mol. The summed E-state index contributed by atoms with van der Waals surface area (Å²) in [4.78, 5) is 25.9. The first-order valence-electron chi connectivity index (χ1n) is 6.83. The normalized spacial score (nSPS) is 10.1. The lowest BCUT2D eigenvalue weighted by Gasteiger charge is -2.20. The molecule has 0 aliphatic carbocycles. The second-order valence-electron chi connectivity index (χ2n) is 5.24. The van der Waals surface area contributed by atoms with Crippen molar-refractivity contribution in [1.82, 2.24) is 4.90 Å². The minimum Gasteiger partial charge on any atom is -0.481 e. The van der Waals surface area contributed by atoms with E-state index in [-0.39, 0.29) is 12.5 Å². The quantitative estimate of drug-likeness (QED) is 0.844. The predicted octanol–water partition coefficient (Wildman–Crippen LogP) is 2.39. The van der Waals surface area contributed by atoms with Gasteiger partial charge in [0.25, 0.3) is 0 Å². The third-order valence-electron chi connectivity index (χ3n) is 3.17. The van der Waals surface area contributed by atoms with Crippen molar-refractivity contribution in [2.75, 3.05) is 37.9 Å². The van der Waals surface area contributed by atoms with E-state index in [1.165, 1.54) is 4.90 Å². The molecule has 0 saturated heterocycles. The van der Waals surface area contributed by atoms with Crippen molar-refractivity contribution in [2.24, 2.45) is 0 Å². The molecule has 0 unspecified atom stereocenters. The molecule has 0 aromatic heterocycles. The number of urea groups is 1. The first-order chi connectivity index (χ1) is 9.81. The number of carboxylic acid groups (broad SMARTS) is 1. The van der Waals surface area contributed by atoms with Gasteiger partial charge in [0, 0.05) is 45.5 Å². The maximum atomic E-state index is 12.0. The summed E-state index contributed by atoms with van der Waals surface area (Å²) in [7, 11) is 5.55. The van der Waals surface area contributed by atoms with E-state index >= 15 is 0 Å². The van der Waals surface area contributed by atoms with E-state index < -0.39 is 5.97 Å². The SMILES string of the molecule is Cc1ccc(NC(=O)N(C)CCCC(=O)O)cc1N(C)C. The minimum atomic E-state index is -0.849.